The van der Waals surface area contributed by atoms with Gasteiger partial charge in [-0.15, -0.1) is 12.4 Å². The number of hydrogen-bond acceptors (Lipinski definition) is 3. The summed E-state index contributed by atoms with van der Waals surface area (Å²) in [4.78, 5) is 14.2. The van der Waals surface area contributed by atoms with Crippen molar-refractivity contribution in [1.29, 1.82) is 0 Å². The molecule has 1 aromatic carbocycles. The number of halogens is 1. The predicted molar refractivity (Wildman–Crippen MR) is 87.3 cm³/mol. The number of hydrogen-bond donors (Lipinski definition) is 1. The molecular formula is C16H25ClN2O2. The van der Waals surface area contributed by atoms with E-state index in [-0.39, 0.29) is 24.9 Å². The third kappa shape index (κ3) is 4.61. The molecule has 4 nitrogen and oxygen atoms in total. The Balaban J connectivity index is 0.00000220. The minimum absolute atomic E-state index is 0. The fraction of sp³-hybridized carbons (Fsp3) is 0.562. The molecule has 1 unspecified atom stereocenters. The van der Waals surface area contributed by atoms with Crippen molar-refractivity contribution in [2.75, 3.05) is 26.7 Å². The smallest absolute Gasteiger partial charge is 0.260 e. The second-order valence-corrected chi connectivity index (χ2v) is 5.50. The van der Waals surface area contributed by atoms with E-state index < -0.39 is 0 Å². The molecule has 118 valence electrons. The number of carbonyl (C=O) groups excluding carboxylic acids is 1. The van der Waals surface area contributed by atoms with Gasteiger partial charge in [-0.25, -0.2) is 0 Å². The van der Waals surface area contributed by atoms with Gasteiger partial charge in [0.2, 0.25) is 0 Å². The average Bonchev–Trinajstić information content (AvgIpc) is 2.86. The van der Waals surface area contributed by atoms with Crippen molar-refractivity contribution in [2.45, 2.75) is 32.7 Å². The zero-order valence-electron chi connectivity index (χ0n) is 13.0. The molecule has 0 bridgehead atoms. The molecule has 21 heavy (non-hydrogen) atoms. The number of aryl methyl sites for hydroxylation is 2. The number of likely N-dealkylation sites (tertiary alicyclic amines) is 1. The van der Waals surface area contributed by atoms with E-state index in [1.165, 1.54) is 5.56 Å². The fourth-order valence-corrected chi connectivity index (χ4v) is 2.80. The molecule has 0 radical (unpaired) electrons. The lowest BCUT2D eigenvalue weighted by molar-refractivity contribution is -0.134. The first-order valence-electron chi connectivity index (χ1n) is 7.26. The van der Waals surface area contributed by atoms with Crippen LogP contribution < -0.4 is 10.1 Å². The molecule has 1 heterocycles. The summed E-state index contributed by atoms with van der Waals surface area (Å²) in [6.45, 7) is 5.89. The molecule has 1 aliphatic heterocycles. The van der Waals surface area contributed by atoms with E-state index in [1.807, 2.05) is 31.0 Å². The number of rotatable bonds is 5. The number of ether oxygens (including phenoxy) is 1. The van der Waals surface area contributed by atoms with E-state index in [2.05, 4.69) is 18.3 Å². The second-order valence-electron chi connectivity index (χ2n) is 5.50. The number of nitrogens with one attached hydrogen (secondary N) is 1. The van der Waals surface area contributed by atoms with Crippen molar-refractivity contribution in [1.82, 2.24) is 10.2 Å². The zero-order chi connectivity index (χ0) is 14.5. The largest absolute Gasteiger partial charge is 0.484 e. The first-order valence-corrected chi connectivity index (χ1v) is 7.26. The Morgan fingerprint density at radius 2 is 2.19 bits per heavy atom. The van der Waals surface area contributed by atoms with E-state index in [0.29, 0.717) is 6.04 Å². The monoisotopic (exact) mass is 312 g/mol. The highest BCUT2D eigenvalue weighted by molar-refractivity contribution is 5.85. The molecule has 0 aromatic heterocycles. The van der Waals surface area contributed by atoms with Crippen molar-refractivity contribution >= 4 is 18.3 Å². The number of carbonyl (C=O) groups is 1. The van der Waals surface area contributed by atoms with Crippen LogP contribution in [0.2, 0.25) is 0 Å². The Morgan fingerprint density at radius 1 is 1.43 bits per heavy atom. The second kappa shape index (κ2) is 8.25. The lowest BCUT2D eigenvalue weighted by Crippen LogP contribution is -2.43. The van der Waals surface area contributed by atoms with Crippen LogP contribution in [-0.4, -0.2) is 43.6 Å². The van der Waals surface area contributed by atoms with Gasteiger partial charge < -0.3 is 15.0 Å². The van der Waals surface area contributed by atoms with Crippen LogP contribution in [0, 0.1) is 13.8 Å². The van der Waals surface area contributed by atoms with E-state index in [4.69, 9.17) is 4.74 Å². The molecule has 2 rings (SSSR count). The van der Waals surface area contributed by atoms with Gasteiger partial charge in [0.1, 0.15) is 5.75 Å². The molecule has 0 spiro atoms. The molecular weight excluding hydrogens is 288 g/mol. The molecule has 1 atom stereocenters. The van der Waals surface area contributed by atoms with E-state index in [1.54, 1.807) is 0 Å². The maximum absolute atomic E-state index is 12.3. The van der Waals surface area contributed by atoms with Gasteiger partial charge in [0, 0.05) is 19.1 Å². The molecule has 1 aromatic rings. The zero-order valence-corrected chi connectivity index (χ0v) is 13.8. The van der Waals surface area contributed by atoms with Gasteiger partial charge in [-0.3, -0.25) is 4.79 Å². The predicted octanol–water partition coefficient (Wildman–Crippen LogP) is 2.31. The van der Waals surface area contributed by atoms with Crippen LogP contribution in [-0.2, 0) is 4.79 Å². The van der Waals surface area contributed by atoms with Crippen LogP contribution in [0.25, 0.3) is 0 Å². The van der Waals surface area contributed by atoms with Gasteiger partial charge in [0.15, 0.2) is 6.61 Å². The summed E-state index contributed by atoms with van der Waals surface area (Å²) < 4.78 is 5.68. The highest BCUT2D eigenvalue weighted by Crippen LogP contribution is 2.20. The van der Waals surface area contributed by atoms with E-state index in [9.17, 15) is 4.79 Å². The van der Waals surface area contributed by atoms with Gasteiger partial charge in [-0.1, -0.05) is 17.7 Å². The Bertz CT molecular complexity index is 479. The lowest BCUT2D eigenvalue weighted by Gasteiger charge is -2.24. The van der Waals surface area contributed by atoms with Crippen molar-refractivity contribution in [3.8, 4) is 5.75 Å². The quantitative estimate of drug-likeness (QED) is 0.907. The fourth-order valence-electron chi connectivity index (χ4n) is 2.80. The molecule has 1 saturated heterocycles. The first-order chi connectivity index (χ1) is 9.61. The highest BCUT2D eigenvalue weighted by Gasteiger charge is 2.28. The van der Waals surface area contributed by atoms with Crippen LogP contribution in [0.4, 0.5) is 0 Å². The number of benzene rings is 1. The van der Waals surface area contributed by atoms with E-state index in [0.717, 1.165) is 37.2 Å². The Labute approximate surface area is 133 Å². The molecule has 0 saturated carbocycles. The number of likely N-dealkylation sites (N-methyl/N-ethyl adjacent to an activating group) is 1. The summed E-state index contributed by atoms with van der Waals surface area (Å²) in [5.41, 5.74) is 2.28. The molecule has 1 N–H and O–H groups in total. The van der Waals surface area contributed by atoms with Crippen LogP contribution in [0.15, 0.2) is 18.2 Å². The van der Waals surface area contributed by atoms with E-state index >= 15 is 0 Å². The standard InChI is InChI=1S/C16H24N2O2.ClH/c1-12-6-7-15(13(2)9-12)20-11-16(19)18-8-4-5-14(18)10-17-3;/h6-7,9,14,17H,4-5,8,10-11H2,1-3H3;1H. The summed E-state index contributed by atoms with van der Waals surface area (Å²) >= 11 is 0. The van der Waals surface area contributed by atoms with Gasteiger partial charge in [0.25, 0.3) is 5.91 Å². The maximum atomic E-state index is 12.3. The van der Waals surface area contributed by atoms with Crippen LogP contribution >= 0.6 is 12.4 Å². The third-order valence-electron chi connectivity index (χ3n) is 3.82. The lowest BCUT2D eigenvalue weighted by atomic mass is 10.1. The molecule has 1 fully saturated rings. The summed E-state index contributed by atoms with van der Waals surface area (Å²) in [7, 11) is 1.92. The Hall–Kier alpha value is -1.26. The Kier molecular flexibility index (Phi) is 6.99. The van der Waals surface area contributed by atoms with Gasteiger partial charge in [-0.05, 0) is 45.4 Å². The number of nitrogens with zero attached hydrogens (tertiary/aromatic N) is 1. The van der Waals surface area contributed by atoms with Crippen LogP contribution in [0.1, 0.15) is 24.0 Å². The van der Waals surface area contributed by atoms with Gasteiger partial charge >= 0.3 is 0 Å². The minimum atomic E-state index is 0. The van der Waals surface area contributed by atoms with Crippen molar-refractivity contribution in [3.63, 3.8) is 0 Å². The third-order valence-corrected chi connectivity index (χ3v) is 3.82. The number of amides is 1. The summed E-state index contributed by atoms with van der Waals surface area (Å²) in [5, 5.41) is 3.15. The summed E-state index contributed by atoms with van der Waals surface area (Å²) in [5.74, 6) is 0.885. The molecule has 0 aliphatic carbocycles. The van der Waals surface area contributed by atoms with Crippen molar-refractivity contribution in [3.05, 3.63) is 29.3 Å². The summed E-state index contributed by atoms with van der Waals surface area (Å²) in [6.07, 6.45) is 2.16. The van der Waals surface area contributed by atoms with Crippen molar-refractivity contribution in [2.24, 2.45) is 0 Å². The maximum Gasteiger partial charge on any atom is 0.260 e. The summed E-state index contributed by atoms with van der Waals surface area (Å²) in [6, 6.07) is 6.33. The van der Waals surface area contributed by atoms with Gasteiger partial charge in [0.05, 0.1) is 0 Å². The van der Waals surface area contributed by atoms with Crippen LogP contribution in [0.3, 0.4) is 0 Å². The van der Waals surface area contributed by atoms with Crippen molar-refractivity contribution < 1.29 is 9.53 Å². The van der Waals surface area contributed by atoms with Gasteiger partial charge in [-0.2, -0.15) is 0 Å². The topological polar surface area (TPSA) is 41.6 Å². The molecule has 5 heteroatoms. The molecule has 1 aliphatic rings. The average molecular weight is 313 g/mol. The molecule has 1 amide bonds. The van der Waals surface area contributed by atoms with Crippen LogP contribution in [0.5, 0.6) is 5.75 Å². The minimum Gasteiger partial charge on any atom is -0.484 e. The Morgan fingerprint density at radius 3 is 2.86 bits per heavy atom. The normalized spacial score (nSPS) is 17.5. The SMILES string of the molecule is CNCC1CCCN1C(=O)COc1ccc(C)cc1C.Cl. The highest BCUT2D eigenvalue weighted by atomic mass is 35.5. The first kappa shape index (κ1) is 17.8.